The Balaban J connectivity index is 1.81. The van der Waals surface area contributed by atoms with Gasteiger partial charge in [0, 0.05) is 11.4 Å². The summed E-state index contributed by atoms with van der Waals surface area (Å²) in [6, 6.07) is 7.36. The second-order valence-electron chi connectivity index (χ2n) is 6.30. The van der Waals surface area contributed by atoms with Crippen LogP contribution in [0.25, 0.3) is 0 Å². The predicted molar refractivity (Wildman–Crippen MR) is 85.5 cm³/mol. The number of hydrogen-bond acceptors (Lipinski definition) is 2. The second-order valence-corrected chi connectivity index (χ2v) is 6.73. The summed E-state index contributed by atoms with van der Waals surface area (Å²) in [5.74, 6) is -0.105. The molecule has 1 atom stereocenters. The number of amides is 2. The number of halogens is 1. The van der Waals surface area contributed by atoms with Crippen LogP contribution in [0.4, 0.5) is 0 Å². The van der Waals surface area contributed by atoms with E-state index < -0.39 is 6.04 Å². The molecule has 2 aliphatic rings. The Morgan fingerprint density at radius 2 is 1.86 bits per heavy atom. The van der Waals surface area contributed by atoms with E-state index in [-0.39, 0.29) is 17.4 Å². The van der Waals surface area contributed by atoms with Gasteiger partial charge in [0.2, 0.25) is 11.8 Å². The first-order valence-corrected chi connectivity index (χ1v) is 8.34. The molecule has 2 N–H and O–H groups in total. The molecule has 5 heteroatoms. The quantitative estimate of drug-likeness (QED) is 0.899. The maximum Gasteiger partial charge on any atom is 0.243 e. The maximum atomic E-state index is 12.6. The summed E-state index contributed by atoms with van der Waals surface area (Å²) in [7, 11) is 0. The number of carbonyl (C=O) groups is 2. The van der Waals surface area contributed by atoms with Crippen molar-refractivity contribution in [1.82, 2.24) is 10.6 Å². The van der Waals surface area contributed by atoms with Crippen LogP contribution in [0.2, 0.25) is 5.02 Å². The SMILES string of the molecule is O=C1CCC(C(=O)NC2(c3ccc(Cl)cc3)CCCCC2)N1. The van der Waals surface area contributed by atoms with Crippen molar-refractivity contribution >= 4 is 23.4 Å². The molecule has 1 aromatic carbocycles. The number of benzene rings is 1. The van der Waals surface area contributed by atoms with Crippen molar-refractivity contribution in [2.24, 2.45) is 0 Å². The van der Waals surface area contributed by atoms with E-state index >= 15 is 0 Å². The summed E-state index contributed by atoms with van der Waals surface area (Å²) in [5, 5.41) is 6.68. The van der Waals surface area contributed by atoms with Crippen LogP contribution in [0.3, 0.4) is 0 Å². The molecule has 22 heavy (non-hydrogen) atoms. The molecule has 118 valence electrons. The molecule has 1 aliphatic heterocycles. The molecule has 1 aliphatic carbocycles. The highest BCUT2D eigenvalue weighted by atomic mass is 35.5. The zero-order valence-electron chi connectivity index (χ0n) is 12.5. The minimum atomic E-state index is -0.390. The van der Waals surface area contributed by atoms with E-state index in [0.717, 1.165) is 31.2 Å². The summed E-state index contributed by atoms with van der Waals surface area (Å²) in [6.45, 7) is 0. The van der Waals surface area contributed by atoms with Gasteiger partial charge < -0.3 is 10.6 Å². The van der Waals surface area contributed by atoms with Crippen LogP contribution in [0.1, 0.15) is 50.5 Å². The van der Waals surface area contributed by atoms with Crippen molar-refractivity contribution < 1.29 is 9.59 Å². The van der Waals surface area contributed by atoms with E-state index in [1.807, 2.05) is 24.3 Å². The van der Waals surface area contributed by atoms with E-state index in [0.29, 0.717) is 17.9 Å². The summed E-state index contributed by atoms with van der Waals surface area (Å²) in [5.41, 5.74) is 0.780. The van der Waals surface area contributed by atoms with Gasteiger partial charge in [0.05, 0.1) is 5.54 Å². The molecule has 1 heterocycles. The second kappa shape index (κ2) is 6.29. The monoisotopic (exact) mass is 320 g/mol. The first-order valence-electron chi connectivity index (χ1n) is 7.96. The third-order valence-electron chi connectivity index (χ3n) is 4.78. The Bertz CT molecular complexity index is 565. The highest BCUT2D eigenvalue weighted by molar-refractivity contribution is 6.30. The van der Waals surface area contributed by atoms with Gasteiger partial charge >= 0.3 is 0 Å². The zero-order valence-corrected chi connectivity index (χ0v) is 13.3. The van der Waals surface area contributed by atoms with Crippen LogP contribution in [-0.2, 0) is 15.1 Å². The third kappa shape index (κ3) is 3.12. The fraction of sp³-hybridized carbons (Fsp3) is 0.529. The minimum absolute atomic E-state index is 0.0377. The smallest absolute Gasteiger partial charge is 0.243 e. The van der Waals surface area contributed by atoms with Gasteiger partial charge in [0.1, 0.15) is 6.04 Å². The van der Waals surface area contributed by atoms with Crippen molar-refractivity contribution in [3.63, 3.8) is 0 Å². The van der Waals surface area contributed by atoms with E-state index in [1.54, 1.807) is 0 Å². The molecule has 2 fully saturated rings. The van der Waals surface area contributed by atoms with Crippen molar-refractivity contribution in [3.8, 4) is 0 Å². The Kier molecular flexibility index (Phi) is 4.39. The molecular formula is C17H21ClN2O2. The van der Waals surface area contributed by atoms with Crippen LogP contribution in [0.5, 0.6) is 0 Å². The van der Waals surface area contributed by atoms with Gasteiger partial charge in [-0.3, -0.25) is 9.59 Å². The van der Waals surface area contributed by atoms with Gasteiger partial charge in [-0.25, -0.2) is 0 Å². The molecule has 4 nitrogen and oxygen atoms in total. The van der Waals surface area contributed by atoms with E-state index in [4.69, 9.17) is 11.6 Å². The van der Waals surface area contributed by atoms with Gasteiger partial charge in [-0.1, -0.05) is 43.0 Å². The Hall–Kier alpha value is -1.55. The molecule has 1 aromatic rings. The Morgan fingerprint density at radius 3 is 2.45 bits per heavy atom. The maximum absolute atomic E-state index is 12.6. The number of rotatable bonds is 3. The van der Waals surface area contributed by atoms with Crippen molar-refractivity contribution in [1.29, 1.82) is 0 Å². The lowest BCUT2D eigenvalue weighted by Gasteiger charge is -2.39. The lowest BCUT2D eigenvalue weighted by Crippen LogP contribution is -2.52. The largest absolute Gasteiger partial charge is 0.345 e. The van der Waals surface area contributed by atoms with Gasteiger partial charge in [-0.05, 0) is 37.0 Å². The van der Waals surface area contributed by atoms with Crippen LogP contribution < -0.4 is 10.6 Å². The highest BCUT2D eigenvalue weighted by Gasteiger charge is 2.38. The minimum Gasteiger partial charge on any atom is -0.345 e. The van der Waals surface area contributed by atoms with Gasteiger partial charge in [0.25, 0.3) is 0 Å². The molecule has 0 bridgehead atoms. The van der Waals surface area contributed by atoms with E-state index in [9.17, 15) is 9.59 Å². The molecule has 1 saturated carbocycles. The average Bonchev–Trinajstić information content (AvgIpc) is 2.95. The zero-order chi connectivity index (χ0) is 15.6. The van der Waals surface area contributed by atoms with Crippen LogP contribution in [-0.4, -0.2) is 17.9 Å². The van der Waals surface area contributed by atoms with E-state index in [2.05, 4.69) is 10.6 Å². The lowest BCUT2D eigenvalue weighted by atomic mass is 9.76. The molecule has 0 radical (unpaired) electrons. The fourth-order valence-corrected chi connectivity index (χ4v) is 3.67. The van der Waals surface area contributed by atoms with Crippen molar-refractivity contribution in [3.05, 3.63) is 34.9 Å². The van der Waals surface area contributed by atoms with Crippen LogP contribution in [0.15, 0.2) is 24.3 Å². The van der Waals surface area contributed by atoms with Crippen LogP contribution in [0, 0.1) is 0 Å². The fourth-order valence-electron chi connectivity index (χ4n) is 3.54. The average molecular weight is 321 g/mol. The standard InChI is InChI=1S/C17H21ClN2O2/c18-13-6-4-12(5-7-13)17(10-2-1-3-11-17)20-16(22)14-8-9-15(21)19-14/h4-7,14H,1-3,8-11H2,(H,19,21)(H,20,22). The number of nitrogens with one attached hydrogen (secondary N) is 2. The first-order chi connectivity index (χ1) is 10.6. The Morgan fingerprint density at radius 1 is 1.18 bits per heavy atom. The normalized spacial score (nSPS) is 23.9. The summed E-state index contributed by atoms with van der Waals surface area (Å²) in [4.78, 5) is 23.9. The summed E-state index contributed by atoms with van der Waals surface area (Å²) < 4.78 is 0. The van der Waals surface area contributed by atoms with Gasteiger partial charge in [0.15, 0.2) is 0 Å². The van der Waals surface area contributed by atoms with E-state index in [1.165, 1.54) is 6.42 Å². The summed E-state index contributed by atoms with van der Waals surface area (Å²) >= 11 is 5.99. The van der Waals surface area contributed by atoms with Gasteiger partial charge in [-0.2, -0.15) is 0 Å². The Labute approximate surface area is 135 Å². The first kappa shape index (κ1) is 15.3. The molecule has 0 spiro atoms. The predicted octanol–water partition coefficient (Wildman–Crippen LogP) is 2.89. The molecule has 3 rings (SSSR count). The molecule has 1 unspecified atom stereocenters. The molecule has 2 amide bonds. The van der Waals surface area contributed by atoms with Crippen molar-refractivity contribution in [2.75, 3.05) is 0 Å². The lowest BCUT2D eigenvalue weighted by molar-refractivity contribution is -0.127. The highest BCUT2D eigenvalue weighted by Crippen LogP contribution is 2.37. The van der Waals surface area contributed by atoms with Crippen molar-refractivity contribution in [2.45, 2.75) is 56.5 Å². The number of hydrogen-bond donors (Lipinski definition) is 2. The van der Waals surface area contributed by atoms with Gasteiger partial charge in [-0.15, -0.1) is 0 Å². The van der Waals surface area contributed by atoms with Crippen LogP contribution >= 0.6 is 11.6 Å². The molecular weight excluding hydrogens is 300 g/mol. The molecule has 0 aromatic heterocycles. The topological polar surface area (TPSA) is 58.2 Å². The molecule has 1 saturated heterocycles. The summed E-state index contributed by atoms with van der Waals surface area (Å²) in [6.07, 6.45) is 6.28. The number of carbonyl (C=O) groups excluding carboxylic acids is 2. The third-order valence-corrected chi connectivity index (χ3v) is 5.03.